The van der Waals surface area contributed by atoms with Gasteiger partial charge in [0.2, 0.25) is 0 Å². The maximum absolute atomic E-state index is 11.7. The van der Waals surface area contributed by atoms with Crippen LogP contribution in [-0.2, 0) is 14.6 Å². The van der Waals surface area contributed by atoms with Crippen molar-refractivity contribution in [3.63, 3.8) is 0 Å². The van der Waals surface area contributed by atoms with Crippen molar-refractivity contribution in [2.24, 2.45) is 0 Å². The molecule has 0 aliphatic carbocycles. The van der Waals surface area contributed by atoms with Crippen molar-refractivity contribution >= 4 is 33.0 Å². The van der Waals surface area contributed by atoms with Gasteiger partial charge in [0.05, 0.1) is 6.61 Å². The molecule has 0 radical (unpaired) electrons. The Labute approximate surface area is 110 Å². The number of methoxy groups -OCH3 is 1. The highest BCUT2D eigenvalue weighted by Crippen LogP contribution is 2.28. The van der Waals surface area contributed by atoms with E-state index in [-0.39, 0.29) is 17.3 Å². The first kappa shape index (κ1) is 14.6. The van der Waals surface area contributed by atoms with Crippen molar-refractivity contribution in [3.05, 3.63) is 23.2 Å². The van der Waals surface area contributed by atoms with Gasteiger partial charge in [0.15, 0.2) is 9.84 Å². The molecule has 0 spiro atoms. The Morgan fingerprint density at radius 1 is 1.29 bits per heavy atom. The van der Waals surface area contributed by atoms with Gasteiger partial charge in [-0.05, 0) is 12.1 Å². The number of rotatable bonds is 6. The normalized spacial score (nSPS) is 11.5. The average Bonchev–Trinajstić information content (AvgIpc) is 2.29. The summed E-state index contributed by atoms with van der Waals surface area (Å²) in [4.78, 5) is 0.0352. The topological polar surface area (TPSA) is 52.6 Å². The van der Waals surface area contributed by atoms with Gasteiger partial charge < -0.3 is 9.47 Å². The third-order valence-electron chi connectivity index (χ3n) is 1.93. The molecular weight excluding hydrogens is 287 g/mol. The van der Waals surface area contributed by atoms with Crippen LogP contribution in [0.2, 0.25) is 5.02 Å². The maximum Gasteiger partial charge on any atom is 0.195 e. The third kappa shape index (κ3) is 4.03. The molecule has 0 atom stereocenters. The fourth-order valence-electron chi connectivity index (χ4n) is 1.15. The molecule has 7 heteroatoms. The summed E-state index contributed by atoms with van der Waals surface area (Å²) in [5, 5.41) is -0.110. The van der Waals surface area contributed by atoms with Crippen LogP contribution in [0.5, 0.6) is 5.75 Å². The molecule has 0 N–H and O–H groups in total. The van der Waals surface area contributed by atoms with Gasteiger partial charge >= 0.3 is 0 Å². The van der Waals surface area contributed by atoms with Gasteiger partial charge in [-0.15, -0.1) is 11.6 Å². The number of benzene rings is 1. The molecule has 96 valence electrons. The fourth-order valence-corrected chi connectivity index (χ4v) is 2.48. The summed E-state index contributed by atoms with van der Waals surface area (Å²) in [6.45, 7) is 0.592. The Bertz CT molecular complexity index is 473. The molecule has 1 rings (SSSR count). The lowest BCUT2D eigenvalue weighted by Crippen LogP contribution is -2.09. The summed E-state index contributed by atoms with van der Waals surface area (Å²) >= 11 is 11.2. The van der Waals surface area contributed by atoms with E-state index in [2.05, 4.69) is 0 Å². The zero-order valence-corrected chi connectivity index (χ0v) is 11.5. The highest BCUT2D eigenvalue weighted by molar-refractivity contribution is 7.92. The van der Waals surface area contributed by atoms with E-state index in [0.717, 1.165) is 0 Å². The number of alkyl halides is 1. The summed E-state index contributed by atoms with van der Waals surface area (Å²) in [5.41, 5.74) is 0. The van der Waals surface area contributed by atoms with Gasteiger partial charge in [-0.3, -0.25) is 0 Å². The number of hydrogen-bond donors (Lipinski definition) is 0. The van der Waals surface area contributed by atoms with Gasteiger partial charge in [0, 0.05) is 18.2 Å². The quantitative estimate of drug-likeness (QED) is 0.597. The van der Waals surface area contributed by atoms with Gasteiger partial charge in [-0.1, -0.05) is 11.6 Å². The number of ether oxygens (including phenoxy) is 2. The van der Waals surface area contributed by atoms with E-state index in [9.17, 15) is 8.42 Å². The largest absolute Gasteiger partial charge is 0.490 e. The van der Waals surface area contributed by atoms with Crippen LogP contribution >= 0.6 is 23.2 Å². The lowest BCUT2D eigenvalue weighted by atomic mass is 10.3. The highest BCUT2D eigenvalue weighted by atomic mass is 35.5. The summed E-state index contributed by atoms with van der Waals surface area (Å²) in [5.74, 6) is 0.190. The number of hydrogen-bond acceptors (Lipinski definition) is 4. The van der Waals surface area contributed by atoms with E-state index in [4.69, 9.17) is 32.7 Å². The predicted molar refractivity (Wildman–Crippen MR) is 66.7 cm³/mol. The summed E-state index contributed by atoms with van der Waals surface area (Å²) in [7, 11) is -2.02. The molecule has 0 unspecified atom stereocenters. The van der Waals surface area contributed by atoms with Crippen LogP contribution in [0, 0.1) is 0 Å². The number of halogens is 2. The van der Waals surface area contributed by atoms with Gasteiger partial charge in [-0.2, -0.15) is 0 Å². The predicted octanol–water partition coefficient (Wildman–Crippen LogP) is 2.34. The lowest BCUT2D eigenvalue weighted by Gasteiger charge is -2.10. The van der Waals surface area contributed by atoms with Crippen LogP contribution < -0.4 is 4.74 Å². The minimum Gasteiger partial charge on any atom is -0.490 e. The molecule has 0 saturated heterocycles. The molecule has 4 nitrogen and oxygen atoms in total. The zero-order valence-electron chi connectivity index (χ0n) is 9.15. The monoisotopic (exact) mass is 298 g/mol. The summed E-state index contributed by atoms with van der Waals surface area (Å²) in [6.07, 6.45) is 0. The van der Waals surface area contributed by atoms with Crippen molar-refractivity contribution < 1.29 is 17.9 Å². The van der Waals surface area contributed by atoms with E-state index in [1.54, 1.807) is 0 Å². The molecule has 0 aliphatic rings. The van der Waals surface area contributed by atoms with Crippen molar-refractivity contribution in [2.75, 3.05) is 25.5 Å². The summed E-state index contributed by atoms with van der Waals surface area (Å²) < 4.78 is 33.5. The molecule has 0 fully saturated rings. The molecular formula is C10H12Cl2O4S. The van der Waals surface area contributed by atoms with Crippen LogP contribution in [0.1, 0.15) is 0 Å². The van der Waals surface area contributed by atoms with Gasteiger partial charge in [0.1, 0.15) is 22.5 Å². The lowest BCUT2D eigenvalue weighted by molar-refractivity contribution is 0.144. The second kappa shape index (κ2) is 6.44. The first-order valence-corrected chi connectivity index (χ1v) is 7.27. The minimum absolute atomic E-state index is 0.0352. The van der Waals surface area contributed by atoms with Crippen molar-refractivity contribution in [1.82, 2.24) is 0 Å². The van der Waals surface area contributed by atoms with E-state index < -0.39 is 15.0 Å². The van der Waals surface area contributed by atoms with Gasteiger partial charge in [0.25, 0.3) is 0 Å². The Balaban J connectivity index is 3.04. The smallest absolute Gasteiger partial charge is 0.195 e. The molecule has 0 heterocycles. The SMILES string of the molecule is COCCOc1cc(Cl)ccc1S(=O)(=O)CCl. The van der Waals surface area contributed by atoms with Gasteiger partial charge in [-0.25, -0.2) is 8.42 Å². The van der Waals surface area contributed by atoms with E-state index in [1.165, 1.54) is 25.3 Å². The first-order chi connectivity index (χ1) is 8.01. The van der Waals surface area contributed by atoms with E-state index >= 15 is 0 Å². The molecule has 17 heavy (non-hydrogen) atoms. The molecule has 0 bridgehead atoms. The highest BCUT2D eigenvalue weighted by Gasteiger charge is 2.19. The Hall–Kier alpha value is -0.490. The van der Waals surface area contributed by atoms with Crippen molar-refractivity contribution in [3.8, 4) is 5.75 Å². The second-order valence-corrected chi connectivity index (χ2v) is 6.13. The molecule has 0 saturated carbocycles. The van der Waals surface area contributed by atoms with Crippen LogP contribution in [-0.4, -0.2) is 34.0 Å². The van der Waals surface area contributed by atoms with E-state index in [1.807, 2.05) is 0 Å². The summed E-state index contributed by atoms with van der Waals surface area (Å²) in [6, 6.07) is 4.29. The zero-order chi connectivity index (χ0) is 12.9. The Kier molecular flexibility index (Phi) is 5.52. The Morgan fingerprint density at radius 3 is 2.59 bits per heavy atom. The molecule has 1 aromatic carbocycles. The fraction of sp³-hybridized carbons (Fsp3) is 0.400. The number of sulfone groups is 1. The third-order valence-corrected chi connectivity index (χ3v) is 4.32. The molecule has 0 aliphatic heterocycles. The first-order valence-electron chi connectivity index (χ1n) is 4.71. The average molecular weight is 299 g/mol. The van der Waals surface area contributed by atoms with E-state index in [0.29, 0.717) is 11.6 Å². The van der Waals surface area contributed by atoms with Crippen molar-refractivity contribution in [2.45, 2.75) is 4.90 Å². The van der Waals surface area contributed by atoms with Crippen molar-refractivity contribution in [1.29, 1.82) is 0 Å². The van der Waals surface area contributed by atoms with Crippen LogP contribution in [0.15, 0.2) is 23.1 Å². The standard InChI is InChI=1S/C10H12Cl2O4S/c1-15-4-5-16-9-6-8(12)2-3-10(9)17(13,14)7-11/h2-3,6H,4-5,7H2,1H3. The van der Waals surface area contributed by atoms with Crippen LogP contribution in [0.25, 0.3) is 0 Å². The second-order valence-electron chi connectivity index (χ2n) is 3.16. The molecule has 1 aromatic rings. The molecule has 0 aromatic heterocycles. The molecule has 0 amide bonds. The van der Waals surface area contributed by atoms with Crippen LogP contribution in [0.3, 0.4) is 0 Å². The minimum atomic E-state index is -3.54. The van der Waals surface area contributed by atoms with Crippen LogP contribution in [0.4, 0.5) is 0 Å². The maximum atomic E-state index is 11.7. The Morgan fingerprint density at radius 2 is 2.00 bits per heavy atom.